The highest BCUT2D eigenvalue weighted by Gasteiger charge is 2.17. The summed E-state index contributed by atoms with van der Waals surface area (Å²) >= 11 is 0. The molecule has 2 aromatic rings. The van der Waals surface area contributed by atoms with Crippen molar-refractivity contribution in [2.45, 2.75) is 32.7 Å². The molecule has 23 heavy (non-hydrogen) atoms. The summed E-state index contributed by atoms with van der Waals surface area (Å²) in [6.07, 6.45) is 4.92. The summed E-state index contributed by atoms with van der Waals surface area (Å²) in [5.74, 6) is 0.741. The Balaban J connectivity index is 1.79. The second-order valence-electron chi connectivity index (χ2n) is 6.73. The molecule has 1 fully saturated rings. The highest BCUT2D eigenvalue weighted by atomic mass is 16.2. The molecule has 0 unspecified atom stereocenters. The standard InChI is InChI=1S/C16H25N5O2/c1-12-6-4-7-20(10-12)8-5-9-21-15(22)13-14(17-11-18(13)2)19(3)16(21)23/h11-12H,4-10H2,1-3H3/t12-/m1/s1. The van der Waals surface area contributed by atoms with Crippen molar-refractivity contribution < 1.29 is 0 Å². The Labute approximate surface area is 135 Å². The topological polar surface area (TPSA) is 65.1 Å². The van der Waals surface area contributed by atoms with Crippen molar-refractivity contribution in [1.29, 1.82) is 0 Å². The molecule has 3 heterocycles. The minimum Gasteiger partial charge on any atom is -0.328 e. The molecule has 1 aliphatic heterocycles. The van der Waals surface area contributed by atoms with Crippen LogP contribution in [0.15, 0.2) is 15.9 Å². The second-order valence-corrected chi connectivity index (χ2v) is 6.73. The number of nitrogens with zero attached hydrogens (tertiary/aromatic N) is 5. The number of hydrogen-bond donors (Lipinski definition) is 0. The summed E-state index contributed by atoms with van der Waals surface area (Å²) in [5.41, 5.74) is 0.408. The summed E-state index contributed by atoms with van der Waals surface area (Å²) < 4.78 is 4.48. The molecule has 126 valence electrons. The lowest BCUT2D eigenvalue weighted by molar-refractivity contribution is 0.179. The fraction of sp³-hybridized carbons (Fsp3) is 0.688. The van der Waals surface area contributed by atoms with Gasteiger partial charge in [-0.05, 0) is 38.3 Å². The van der Waals surface area contributed by atoms with Crippen LogP contribution in [-0.4, -0.2) is 43.2 Å². The molecule has 0 radical (unpaired) electrons. The third-order valence-electron chi connectivity index (χ3n) is 4.80. The second kappa shape index (κ2) is 6.31. The molecule has 1 aliphatic rings. The van der Waals surface area contributed by atoms with Crippen molar-refractivity contribution in [2.75, 3.05) is 19.6 Å². The predicted octanol–water partition coefficient (Wildman–Crippen LogP) is 0.556. The highest BCUT2D eigenvalue weighted by Crippen LogP contribution is 2.15. The van der Waals surface area contributed by atoms with Crippen molar-refractivity contribution in [2.24, 2.45) is 20.0 Å². The number of fused-ring (bicyclic) bond motifs is 1. The summed E-state index contributed by atoms with van der Waals surface area (Å²) in [5, 5.41) is 0. The molecular formula is C16H25N5O2. The maximum atomic E-state index is 12.6. The number of imidazole rings is 1. The van der Waals surface area contributed by atoms with E-state index >= 15 is 0 Å². The van der Waals surface area contributed by atoms with Crippen molar-refractivity contribution in [1.82, 2.24) is 23.6 Å². The normalized spacial score (nSPS) is 19.5. The minimum absolute atomic E-state index is 0.241. The van der Waals surface area contributed by atoms with Gasteiger partial charge in [0.15, 0.2) is 11.2 Å². The zero-order valence-corrected chi connectivity index (χ0v) is 14.2. The molecule has 7 heteroatoms. The summed E-state index contributed by atoms with van der Waals surface area (Å²) in [6, 6.07) is 0. The molecule has 0 N–H and O–H groups in total. The van der Waals surface area contributed by atoms with Crippen LogP contribution in [0.5, 0.6) is 0 Å². The van der Waals surface area contributed by atoms with E-state index in [2.05, 4.69) is 16.8 Å². The number of hydrogen-bond acceptors (Lipinski definition) is 4. The van der Waals surface area contributed by atoms with Gasteiger partial charge in [-0.15, -0.1) is 0 Å². The molecule has 0 spiro atoms. The van der Waals surface area contributed by atoms with Gasteiger partial charge in [-0.2, -0.15) is 0 Å². The van der Waals surface area contributed by atoms with Gasteiger partial charge in [0, 0.05) is 27.2 Å². The number of aryl methyl sites for hydroxylation is 2. The molecular weight excluding hydrogens is 294 g/mol. The van der Waals surface area contributed by atoms with Crippen molar-refractivity contribution >= 4 is 11.2 Å². The van der Waals surface area contributed by atoms with Crippen LogP contribution in [0.3, 0.4) is 0 Å². The van der Waals surface area contributed by atoms with Crippen LogP contribution in [0.2, 0.25) is 0 Å². The van der Waals surface area contributed by atoms with Gasteiger partial charge in [-0.25, -0.2) is 9.78 Å². The maximum Gasteiger partial charge on any atom is 0.332 e. The van der Waals surface area contributed by atoms with Gasteiger partial charge in [-0.3, -0.25) is 13.9 Å². The van der Waals surface area contributed by atoms with Gasteiger partial charge in [0.25, 0.3) is 5.56 Å². The first-order valence-electron chi connectivity index (χ1n) is 8.32. The molecule has 3 rings (SSSR count). The first-order chi connectivity index (χ1) is 11.0. The quantitative estimate of drug-likeness (QED) is 0.826. The molecule has 0 aliphatic carbocycles. The third-order valence-corrected chi connectivity index (χ3v) is 4.80. The fourth-order valence-corrected chi connectivity index (χ4v) is 3.54. The summed E-state index contributed by atoms with van der Waals surface area (Å²) in [4.78, 5) is 31.6. The first-order valence-corrected chi connectivity index (χ1v) is 8.32. The lowest BCUT2D eigenvalue weighted by Gasteiger charge is -2.30. The molecule has 0 amide bonds. The van der Waals surface area contributed by atoms with Gasteiger partial charge < -0.3 is 9.47 Å². The third kappa shape index (κ3) is 2.97. The monoisotopic (exact) mass is 319 g/mol. The lowest BCUT2D eigenvalue weighted by Crippen LogP contribution is -2.41. The van der Waals surface area contributed by atoms with E-state index in [-0.39, 0.29) is 11.2 Å². The van der Waals surface area contributed by atoms with Crippen LogP contribution in [0.1, 0.15) is 26.2 Å². The van der Waals surface area contributed by atoms with E-state index in [9.17, 15) is 9.59 Å². The Kier molecular flexibility index (Phi) is 4.39. The number of rotatable bonds is 4. The van der Waals surface area contributed by atoms with E-state index < -0.39 is 0 Å². The maximum absolute atomic E-state index is 12.6. The van der Waals surface area contributed by atoms with E-state index in [0.717, 1.165) is 32.0 Å². The highest BCUT2D eigenvalue weighted by molar-refractivity contribution is 5.69. The number of aromatic nitrogens is 4. The number of piperidine rings is 1. The fourth-order valence-electron chi connectivity index (χ4n) is 3.54. The van der Waals surface area contributed by atoms with E-state index in [0.29, 0.717) is 17.7 Å². The molecule has 7 nitrogen and oxygen atoms in total. The van der Waals surface area contributed by atoms with Crippen LogP contribution in [0.4, 0.5) is 0 Å². The Morgan fingerprint density at radius 1 is 1.26 bits per heavy atom. The van der Waals surface area contributed by atoms with Crippen LogP contribution in [-0.2, 0) is 20.6 Å². The molecule has 0 bridgehead atoms. The van der Waals surface area contributed by atoms with E-state index in [1.54, 1.807) is 25.0 Å². The van der Waals surface area contributed by atoms with E-state index in [4.69, 9.17) is 0 Å². The summed E-state index contributed by atoms with van der Waals surface area (Å²) in [6.45, 7) is 5.91. The van der Waals surface area contributed by atoms with Crippen LogP contribution >= 0.6 is 0 Å². The predicted molar refractivity (Wildman–Crippen MR) is 89.7 cm³/mol. The van der Waals surface area contributed by atoms with Crippen molar-refractivity contribution in [3.8, 4) is 0 Å². The van der Waals surface area contributed by atoms with E-state index in [1.165, 1.54) is 22.0 Å². The molecule has 1 saturated heterocycles. The van der Waals surface area contributed by atoms with Gasteiger partial charge in [0.1, 0.15) is 0 Å². The molecule has 1 atom stereocenters. The number of likely N-dealkylation sites (tertiary alicyclic amines) is 1. The van der Waals surface area contributed by atoms with Gasteiger partial charge in [0.2, 0.25) is 0 Å². The zero-order chi connectivity index (χ0) is 16.6. The van der Waals surface area contributed by atoms with Crippen LogP contribution < -0.4 is 11.2 Å². The van der Waals surface area contributed by atoms with Gasteiger partial charge in [-0.1, -0.05) is 6.92 Å². The van der Waals surface area contributed by atoms with Gasteiger partial charge in [0.05, 0.1) is 6.33 Å². The van der Waals surface area contributed by atoms with Gasteiger partial charge >= 0.3 is 5.69 Å². The SMILES string of the molecule is C[C@@H]1CCCN(CCCn2c(=O)c3c(ncn3C)n(C)c2=O)C1. The Morgan fingerprint density at radius 3 is 2.78 bits per heavy atom. The summed E-state index contributed by atoms with van der Waals surface area (Å²) in [7, 11) is 3.45. The Hall–Kier alpha value is -1.89. The smallest absolute Gasteiger partial charge is 0.328 e. The minimum atomic E-state index is -0.284. The Bertz CT molecular complexity index is 816. The largest absolute Gasteiger partial charge is 0.332 e. The van der Waals surface area contributed by atoms with Crippen LogP contribution in [0, 0.1) is 5.92 Å². The lowest BCUT2D eigenvalue weighted by atomic mass is 10.0. The molecule has 2 aromatic heterocycles. The van der Waals surface area contributed by atoms with Crippen LogP contribution in [0.25, 0.3) is 11.2 Å². The zero-order valence-electron chi connectivity index (χ0n) is 14.2. The van der Waals surface area contributed by atoms with Crippen molar-refractivity contribution in [3.05, 3.63) is 27.2 Å². The molecule has 0 aromatic carbocycles. The molecule has 0 saturated carbocycles. The average molecular weight is 319 g/mol. The van der Waals surface area contributed by atoms with E-state index in [1.807, 2.05) is 0 Å². The average Bonchev–Trinajstić information content (AvgIpc) is 2.91. The Morgan fingerprint density at radius 2 is 2.04 bits per heavy atom. The first kappa shape index (κ1) is 16.0. The van der Waals surface area contributed by atoms with Crippen molar-refractivity contribution in [3.63, 3.8) is 0 Å².